The number of carbonyl (C=O) groups is 1. The first-order valence-corrected chi connectivity index (χ1v) is 6.94. The van der Waals surface area contributed by atoms with E-state index in [2.05, 4.69) is 5.32 Å². The molecule has 0 saturated heterocycles. The minimum Gasteiger partial charge on any atom is -0.492 e. The maximum atomic E-state index is 11.4. The van der Waals surface area contributed by atoms with E-state index in [4.69, 9.17) is 33.7 Å². The van der Waals surface area contributed by atoms with Gasteiger partial charge in [-0.05, 0) is 31.5 Å². The molecule has 6 heteroatoms. The molecule has 19 heavy (non-hydrogen) atoms. The lowest BCUT2D eigenvalue weighted by molar-refractivity contribution is -0.121. The van der Waals surface area contributed by atoms with Crippen LogP contribution < -0.4 is 15.8 Å². The SMILES string of the molecule is NCCCNC(=O)CCCOc1cccc(Cl)c1Cl. The van der Waals surface area contributed by atoms with Crippen LogP contribution in [0.3, 0.4) is 0 Å². The fourth-order valence-electron chi connectivity index (χ4n) is 1.43. The van der Waals surface area contributed by atoms with Gasteiger partial charge in [-0.3, -0.25) is 4.79 Å². The molecule has 0 aliphatic rings. The van der Waals surface area contributed by atoms with Crippen molar-refractivity contribution in [2.24, 2.45) is 5.73 Å². The van der Waals surface area contributed by atoms with Gasteiger partial charge in [0.2, 0.25) is 5.91 Å². The summed E-state index contributed by atoms with van der Waals surface area (Å²) in [7, 11) is 0. The van der Waals surface area contributed by atoms with Crippen LogP contribution in [0.5, 0.6) is 5.75 Å². The second-order valence-corrected chi connectivity index (χ2v) is 4.78. The van der Waals surface area contributed by atoms with Crippen LogP contribution in [0.4, 0.5) is 0 Å². The van der Waals surface area contributed by atoms with Gasteiger partial charge in [-0.1, -0.05) is 29.3 Å². The highest BCUT2D eigenvalue weighted by Crippen LogP contribution is 2.31. The monoisotopic (exact) mass is 304 g/mol. The van der Waals surface area contributed by atoms with Crippen LogP contribution in [0.25, 0.3) is 0 Å². The highest BCUT2D eigenvalue weighted by Gasteiger charge is 2.05. The van der Waals surface area contributed by atoms with Gasteiger partial charge in [-0.25, -0.2) is 0 Å². The zero-order valence-electron chi connectivity index (χ0n) is 10.6. The van der Waals surface area contributed by atoms with Crippen molar-refractivity contribution in [2.45, 2.75) is 19.3 Å². The Morgan fingerprint density at radius 3 is 2.84 bits per heavy atom. The zero-order chi connectivity index (χ0) is 14.1. The van der Waals surface area contributed by atoms with Crippen molar-refractivity contribution in [3.05, 3.63) is 28.2 Å². The molecule has 0 bridgehead atoms. The molecule has 106 valence electrons. The minimum atomic E-state index is 0.00856. The predicted octanol–water partition coefficient (Wildman–Crippen LogP) is 2.62. The van der Waals surface area contributed by atoms with Crippen LogP contribution in [0, 0.1) is 0 Å². The fraction of sp³-hybridized carbons (Fsp3) is 0.462. The average molecular weight is 305 g/mol. The van der Waals surface area contributed by atoms with Gasteiger partial charge in [0.25, 0.3) is 0 Å². The third kappa shape index (κ3) is 6.14. The third-order valence-corrected chi connectivity index (χ3v) is 3.23. The van der Waals surface area contributed by atoms with E-state index in [1.165, 1.54) is 0 Å². The van der Waals surface area contributed by atoms with Gasteiger partial charge in [0.05, 0.1) is 11.6 Å². The minimum absolute atomic E-state index is 0.00856. The van der Waals surface area contributed by atoms with Crippen molar-refractivity contribution >= 4 is 29.1 Å². The van der Waals surface area contributed by atoms with Gasteiger partial charge in [0.15, 0.2) is 0 Å². The first kappa shape index (κ1) is 16.1. The Labute approximate surface area is 123 Å². The van der Waals surface area contributed by atoms with Crippen LogP contribution >= 0.6 is 23.2 Å². The van der Waals surface area contributed by atoms with Gasteiger partial charge in [0.1, 0.15) is 10.8 Å². The molecule has 1 amide bonds. The molecule has 0 aliphatic carbocycles. The molecular weight excluding hydrogens is 287 g/mol. The Hall–Kier alpha value is -0.970. The van der Waals surface area contributed by atoms with E-state index in [-0.39, 0.29) is 5.91 Å². The van der Waals surface area contributed by atoms with Crippen LogP contribution in [-0.2, 0) is 4.79 Å². The highest BCUT2D eigenvalue weighted by molar-refractivity contribution is 6.42. The lowest BCUT2D eigenvalue weighted by atomic mass is 10.3. The van der Waals surface area contributed by atoms with Gasteiger partial charge in [-0.2, -0.15) is 0 Å². The van der Waals surface area contributed by atoms with Crippen molar-refractivity contribution in [3.63, 3.8) is 0 Å². The van der Waals surface area contributed by atoms with Crippen molar-refractivity contribution in [2.75, 3.05) is 19.7 Å². The average Bonchev–Trinajstić information content (AvgIpc) is 2.39. The molecule has 1 aromatic carbocycles. The number of carbonyl (C=O) groups excluding carboxylic acids is 1. The number of benzene rings is 1. The van der Waals surface area contributed by atoms with E-state index in [0.717, 1.165) is 6.42 Å². The predicted molar refractivity (Wildman–Crippen MR) is 77.9 cm³/mol. The molecule has 1 rings (SSSR count). The molecule has 1 aromatic rings. The highest BCUT2D eigenvalue weighted by atomic mass is 35.5. The summed E-state index contributed by atoms with van der Waals surface area (Å²) in [5.74, 6) is 0.548. The Kier molecular flexibility index (Phi) is 7.63. The summed E-state index contributed by atoms with van der Waals surface area (Å²) in [6.45, 7) is 1.62. The first-order chi connectivity index (χ1) is 9.15. The summed E-state index contributed by atoms with van der Waals surface area (Å²) in [5, 5.41) is 3.64. The number of rotatable bonds is 8. The van der Waals surface area contributed by atoms with Gasteiger partial charge in [-0.15, -0.1) is 0 Å². The molecule has 0 aromatic heterocycles. The molecule has 0 radical (unpaired) electrons. The van der Waals surface area contributed by atoms with E-state index in [1.54, 1.807) is 18.2 Å². The molecule has 0 heterocycles. The Morgan fingerprint density at radius 2 is 2.11 bits per heavy atom. The summed E-state index contributed by atoms with van der Waals surface area (Å²) in [5.41, 5.74) is 5.33. The number of ether oxygens (including phenoxy) is 1. The molecule has 0 saturated carbocycles. The maximum absolute atomic E-state index is 11.4. The summed E-state index contributed by atoms with van der Waals surface area (Å²) in [6, 6.07) is 5.21. The van der Waals surface area contributed by atoms with Crippen LogP contribution in [-0.4, -0.2) is 25.6 Å². The molecule has 3 N–H and O–H groups in total. The number of amides is 1. The molecule has 0 fully saturated rings. The van der Waals surface area contributed by atoms with Crippen LogP contribution in [0.2, 0.25) is 10.0 Å². The number of nitrogens with one attached hydrogen (secondary N) is 1. The molecule has 0 spiro atoms. The third-order valence-electron chi connectivity index (χ3n) is 2.42. The summed E-state index contributed by atoms with van der Waals surface area (Å²) in [6.07, 6.45) is 1.83. The Morgan fingerprint density at radius 1 is 1.32 bits per heavy atom. The second-order valence-electron chi connectivity index (χ2n) is 4.00. The lowest BCUT2D eigenvalue weighted by Gasteiger charge is -2.09. The van der Waals surface area contributed by atoms with Gasteiger partial charge < -0.3 is 15.8 Å². The van der Waals surface area contributed by atoms with Crippen molar-refractivity contribution in [3.8, 4) is 5.75 Å². The quantitative estimate of drug-likeness (QED) is 0.726. The van der Waals surface area contributed by atoms with Crippen molar-refractivity contribution < 1.29 is 9.53 Å². The fourth-order valence-corrected chi connectivity index (χ4v) is 1.78. The topological polar surface area (TPSA) is 64.3 Å². The van der Waals surface area contributed by atoms with Gasteiger partial charge in [0, 0.05) is 13.0 Å². The summed E-state index contributed by atoms with van der Waals surface area (Å²) < 4.78 is 5.48. The lowest BCUT2D eigenvalue weighted by Crippen LogP contribution is -2.26. The van der Waals surface area contributed by atoms with E-state index < -0.39 is 0 Å². The smallest absolute Gasteiger partial charge is 0.220 e. The van der Waals surface area contributed by atoms with Crippen LogP contribution in [0.1, 0.15) is 19.3 Å². The van der Waals surface area contributed by atoms with E-state index in [9.17, 15) is 4.79 Å². The largest absolute Gasteiger partial charge is 0.492 e. The van der Waals surface area contributed by atoms with E-state index >= 15 is 0 Å². The van der Waals surface area contributed by atoms with Crippen LogP contribution in [0.15, 0.2) is 18.2 Å². The first-order valence-electron chi connectivity index (χ1n) is 6.18. The van der Waals surface area contributed by atoms with Gasteiger partial charge >= 0.3 is 0 Å². The molecule has 4 nitrogen and oxygen atoms in total. The zero-order valence-corrected chi connectivity index (χ0v) is 12.1. The molecule has 0 atom stereocenters. The molecule has 0 aliphatic heterocycles. The maximum Gasteiger partial charge on any atom is 0.220 e. The summed E-state index contributed by atoms with van der Waals surface area (Å²) in [4.78, 5) is 11.4. The normalized spacial score (nSPS) is 10.3. The summed E-state index contributed by atoms with van der Waals surface area (Å²) >= 11 is 11.8. The Bertz CT molecular complexity index is 414. The second kappa shape index (κ2) is 9.02. The number of hydrogen-bond donors (Lipinski definition) is 2. The molecule has 0 unspecified atom stereocenters. The molecular formula is C13H18Cl2N2O2. The standard InChI is InChI=1S/C13H18Cl2N2O2/c14-10-4-1-5-11(13(10)15)19-9-2-6-12(18)17-8-3-7-16/h1,4-5H,2-3,6-9,16H2,(H,17,18). The van der Waals surface area contributed by atoms with E-state index in [0.29, 0.717) is 48.3 Å². The Balaban J connectivity index is 2.20. The number of hydrogen-bond acceptors (Lipinski definition) is 3. The van der Waals surface area contributed by atoms with Crippen molar-refractivity contribution in [1.29, 1.82) is 0 Å². The number of nitrogens with two attached hydrogens (primary N) is 1. The number of halogens is 2. The van der Waals surface area contributed by atoms with E-state index in [1.807, 2.05) is 0 Å². The van der Waals surface area contributed by atoms with Crippen molar-refractivity contribution in [1.82, 2.24) is 5.32 Å².